The van der Waals surface area contributed by atoms with Gasteiger partial charge in [0.1, 0.15) is 18.0 Å². The standard InChI is InChI=1S/C23H23N5O3S2/c29-14-19(16-4-2-1-3-5-16)27-23-22-18(25-15-26-23)12-20(32-22)17-6-7-21(24-13-17)28-8-10-33(30,31)11-9-28/h1-7,12-13,15,19,29H,8-11,14H2,(H,25,26,27)/t19-/m1/s1. The van der Waals surface area contributed by atoms with Crippen LogP contribution in [0.3, 0.4) is 0 Å². The van der Waals surface area contributed by atoms with E-state index in [4.69, 9.17) is 0 Å². The molecule has 10 heteroatoms. The lowest BCUT2D eigenvalue weighted by atomic mass is 10.1. The van der Waals surface area contributed by atoms with Crippen LogP contribution in [0.5, 0.6) is 0 Å². The molecule has 1 atom stereocenters. The van der Waals surface area contributed by atoms with E-state index in [0.717, 1.165) is 32.0 Å². The first-order valence-corrected chi connectivity index (χ1v) is 13.2. The molecule has 0 unspecified atom stereocenters. The fourth-order valence-corrected chi connectivity index (χ4v) is 6.10. The smallest absolute Gasteiger partial charge is 0.153 e. The Labute approximate surface area is 195 Å². The number of nitrogens with zero attached hydrogens (tertiary/aromatic N) is 4. The van der Waals surface area contributed by atoms with Gasteiger partial charge in [0.15, 0.2) is 9.84 Å². The number of hydrogen-bond donors (Lipinski definition) is 2. The van der Waals surface area contributed by atoms with E-state index in [-0.39, 0.29) is 24.2 Å². The van der Waals surface area contributed by atoms with Crippen LogP contribution >= 0.6 is 11.3 Å². The first-order chi connectivity index (χ1) is 16.0. The maximum Gasteiger partial charge on any atom is 0.153 e. The number of anilines is 2. The third-order valence-electron chi connectivity index (χ3n) is 5.71. The number of sulfone groups is 1. The van der Waals surface area contributed by atoms with Crippen molar-refractivity contribution in [1.82, 2.24) is 15.0 Å². The van der Waals surface area contributed by atoms with Crippen molar-refractivity contribution >= 4 is 43.0 Å². The topological polar surface area (TPSA) is 108 Å². The molecule has 0 spiro atoms. The van der Waals surface area contributed by atoms with Crippen LogP contribution in [0.25, 0.3) is 20.7 Å². The minimum absolute atomic E-state index is 0.0586. The Bertz CT molecular complexity index is 1340. The highest BCUT2D eigenvalue weighted by Crippen LogP contribution is 2.36. The molecule has 0 radical (unpaired) electrons. The van der Waals surface area contributed by atoms with Crippen molar-refractivity contribution in [2.75, 3.05) is 41.4 Å². The number of nitrogens with one attached hydrogen (secondary N) is 1. The molecule has 8 nitrogen and oxygen atoms in total. The molecule has 0 bridgehead atoms. The van der Waals surface area contributed by atoms with Crippen LogP contribution < -0.4 is 10.2 Å². The lowest BCUT2D eigenvalue weighted by Crippen LogP contribution is -2.40. The Hall–Kier alpha value is -3.08. The lowest BCUT2D eigenvalue weighted by Gasteiger charge is -2.27. The predicted molar refractivity (Wildman–Crippen MR) is 131 cm³/mol. The fourth-order valence-electron chi connectivity index (χ4n) is 3.84. The van der Waals surface area contributed by atoms with E-state index in [1.807, 2.05) is 59.6 Å². The van der Waals surface area contributed by atoms with E-state index in [9.17, 15) is 13.5 Å². The number of pyridine rings is 1. The fraction of sp³-hybridized carbons (Fsp3) is 0.261. The largest absolute Gasteiger partial charge is 0.394 e. The number of aliphatic hydroxyl groups excluding tert-OH is 1. The normalized spacial score (nSPS) is 16.6. The molecule has 4 heterocycles. The van der Waals surface area contributed by atoms with E-state index in [1.54, 1.807) is 11.3 Å². The summed E-state index contributed by atoms with van der Waals surface area (Å²) < 4.78 is 24.3. The minimum Gasteiger partial charge on any atom is -0.394 e. The number of hydrogen-bond acceptors (Lipinski definition) is 9. The van der Waals surface area contributed by atoms with Crippen molar-refractivity contribution in [2.45, 2.75) is 6.04 Å². The summed E-state index contributed by atoms with van der Waals surface area (Å²) in [4.78, 5) is 16.4. The second kappa shape index (κ2) is 9.05. The molecule has 4 aromatic rings. The Morgan fingerprint density at radius 2 is 1.85 bits per heavy atom. The molecule has 1 aliphatic heterocycles. The molecule has 170 valence electrons. The minimum atomic E-state index is -2.92. The molecule has 1 aromatic carbocycles. The first kappa shape index (κ1) is 21.7. The second-order valence-corrected chi connectivity index (χ2v) is 11.2. The summed E-state index contributed by atoms with van der Waals surface area (Å²) in [7, 11) is -2.92. The quantitative estimate of drug-likeness (QED) is 0.432. The van der Waals surface area contributed by atoms with Crippen LogP contribution in [-0.2, 0) is 9.84 Å². The molecule has 0 saturated carbocycles. The molecule has 2 N–H and O–H groups in total. The maximum atomic E-state index is 11.7. The zero-order valence-electron chi connectivity index (χ0n) is 17.8. The molecular formula is C23H23N5O3S2. The van der Waals surface area contributed by atoms with Crippen LogP contribution in [0.15, 0.2) is 61.1 Å². The lowest BCUT2D eigenvalue weighted by molar-refractivity contribution is 0.276. The number of aliphatic hydroxyl groups is 1. The van der Waals surface area contributed by atoms with Gasteiger partial charge < -0.3 is 15.3 Å². The highest BCUT2D eigenvalue weighted by Gasteiger charge is 2.22. The zero-order valence-corrected chi connectivity index (χ0v) is 19.4. The summed E-state index contributed by atoms with van der Waals surface area (Å²) in [5.41, 5.74) is 2.76. The van der Waals surface area contributed by atoms with Gasteiger partial charge in [0, 0.05) is 29.7 Å². The summed E-state index contributed by atoms with van der Waals surface area (Å²) in [6.07, 6.45) is 3.33. The van der Waals surface area contributed by atoms with Gasteiger partial charge >= 0.3 is 0 Å². The van der Waals surface area contributed by atoms with Crippen LogP contribution in [0.1, 0.15) is 11.6 Å². The van der Waals surface area contributed by atoms with Crippen LogP contribution in [0, 0.1) is 0 Å². The maximum absolute atomic E-state index is 11.7. The van der Waals surface area contributed by atoms with Crippen molar-refractivity contribution in [2.24, 2.45) is 0 Å². The van der Waals surface area contributed by atoms with E-state index < -0.39 is 9.84 Å². The van der Waals surface area contributed by atoms with Crippen LogP contribution in [0.4, 0.5) is 11.6 Å². The van der Waals surface area contributed by atoms with Crippen molar-refractivity contribution < 1.29 is 13.5 Å². The number of fused-ring (bicyclic) bond motifs is 1. The number of thiophene rings is 1. The molecule has 0 aliphatic carbocycles. The van der Waals surface area contributed by atoms with Crippen LogP contribution in [0.2, 0.25) is 0 Å². The highest BCUT2D eigenvalue weighted by atomic mass is 32.2. The van der Waals surface area contributed by atoms with E-state index in [2.05, 4.69) is 20.3 Å². The summed E-state index contributed by atoms with van der Waals surface area (Å²) >= 11 is 1.56. The van der Waals surface area contributed by atoms with Gasteiger partial charge in [-0.2, -0.15) is 0 Å². The van der Waals surface area contributed by atoms with E-state index in [1.165, 1.54) is 6.33 Å². The molecule has 1 aliphatic rings. The summed E-state index contributed by atoms with van der Waals surface area (Å²) in [6.45, 7) is 0.877. The van der Waals surface area contributed by atoms with Gasteiger partial charge in [0.2, 0.25) is 0 Å². The van der Waals surface area contributed by atoms with Gasteiger partial charge in [-0.05, 0) is 23.8 Å². The van der Waals surface area contributed by atoms with Gasteiger partial charge in [-0.25, -0.2) is 23.4 Å². The highest BCUT2D eigenvalue weighted by molar-refractivity contribution is 7.91. The third-order valence-corrected chi connectivity index (χ3v) is 8.50. The van der Waals surface area contributed by atoms with Crippen molar-refractivity contribution in [1.29, 1.82) is 0 Å². The average molecular weight is 482 g/mol. The number of rotatable bonds is 6. The molecule has 0 amide bonds. The van der Waals surface area contributed by atoms with Gasteiger partial charge in [-0.1, -0.05) is 30.3 Å². The summed E-state index contributed by atoms with van der Waals surface area (Å²) in [5.74, 6) is 1.79. The van der Waals surface area contributed by atoms with E-state index >= 15 is 0 Å². The zero-order chi connectivity index (χ0) is 22.8. The van der Waals surface area contributed by atoms with Gasteiger partial charge in [-0.15, -0.1) is 11.3 Å². The van der Waals surface area contributed by atoms with E-state index in [0.29, 0.717) is 18.9 Å². The molecule has 1 saturated heterocycles. The SMILES string of the molecule is O=S1(=O)CCN(c2ccc(-c3cc4ncnc(N[C@H](CO)c5ccccc5)c4s3)cn2)CC1. The van der Waals surface area contributed by atoms with Crippen molar-refractivity contribution in [3.05, 3.63) is 66.6 Å². The first-order valence-electron chi connectivity index (χ1n) is 10.6. The van der Waals surface area contributed by atoms with Crippen molar-refractivity contribution in [3.63, 3.8) is 0 Å². The summed E-state index contributed by atoms with van der Waals surface area (Å²) in [5, 5.41) is 13.3. The summed E-state index contributed by atoms with van der Waals surface area (Å²) in [6, 6.07) is 15.4. The molecule has 5 rings (SSSR count). The third kappa shape index (κ3) is 4.68. The van der Waals surface area contributed by atoms with Crippen LogP contribution in [-0.4, -0.2) is 59.7 Å². The molecular weight excluding hydrogens is 458 g/mol. The van der Waals surface area contributed by atoms with Gasteiger partial charge in [-0.3, -0.25) is 0 Å². The Kier molecular flexibility index (Phi) is 5.96. The molecule has 1 fully saturated rings. The Morgan fingerprint density at radius 1 is 1.06 bits per heavy atom. The molecule has 3 aromatic heterocycles. The average Bonchev–Trinajstić information content (AvgIpc) is 3.28. The predicted octanol–water partition coefficient (Wildman–Crippen LogP) is 3.13. The Morgan fingerprint density at radius 3 is 2.55 bits per heavy atom. The number of aromatic nitrogens is 3. The Balaban J connectivity index is 1.39. The van der Waals surface area contributed by atoms with Gasteiger partial charge in [0.25, 0.3) is 0 Å². The molecule has 33 heavy (non-hydrogen) atoms. The monoisotopic (exact) mass is 481 g/mol. The number of benzene rings is 1. The van der Waals surface area contributed by atoms with Crippen molar-refractivity contribution in [3.8, 4) is 10.4 Å². The van der Waals surface area contributed by atoms with Gasteiger partial charge in [0.05, 0.1) is 34.4 Å². The second-order valence-electron chi connectivity index (χ2n) is 7.88.